The van der Waals surface area contributed by atoms with E-state index in [1.54, 1.807) is 36.7 Å². The van der Waals surface area contributed by atoms with Crippen molar-refractivity contribution in [3.05, 3.63) is 59.9 Å². The maximum Gasteiger partial charge on any atom is 0.306 e. The zero-order valence-electron chi connectivity index (χ0n) is 14.4. The van der Waals surface area contributed by atoms with Crippen LogP contribution in [0, 0.1) is 5.92 Å². The Balaban J connectivity index is 1.48. The largest absolute Gasteiger partial charge is 0.489 e. The van der Waals surface area contributed by atoms with Crippen molar-refractivity contribution in [2.45, 2.75) is 38.3 Å². The predicted octanol–water partition coefficient (Wildman–Crippen LogP) is 3.03. The van der Waals surface area contributed by atoms with Gasteiger partial charge >= 0.3 is 5.97 Å². The average Bonchev–Trinajstić information content (AvgIpc) is 2.68. The Kier molecular flexibility index (Phi) is 5.84. The molecule has 6 heteroatoms. The first-order chi connectivity index (χ1) is 12.6. The van der Waals surface area contributed by atoms with Crippen LogP contribution in [0.1, 0.15) is 41.6 Å². The number of hydrogen-bond donors (Lipinski definition) is 2. The van der Waals surface area contributed by atoms with Gasteiger partial charge in [-0.05, 0) is 67.6 Å². The van der Waals surface area contributed by atoms with Gasteiger partial charge in [0, 0.05) is 24.0 Å². The third kappa shape index (κ3) is 4.81. The molecule has 1 amide bonds. The third-order valence-corrected chi connectivity index (χ3v) is 4.68. The number of carbonyl (C=O) groups is 2. The molecule has 1 heterocycles. The maximum atomic E-state index is 12.3. The number of pyridine rings is 1. The number of nitrogens with zero attached hydrogens (tertiary/aromatic N) is 1. The van der Waals surface area contributed by atoms with E-state index in [2.05, 4.69) is 10.3 Å². The molecule has 0 unspecified atom stereocenters. The summed E-state index contributed by atoms with van der Waals surface area (Å²) in [6.07, 6.45) is 6.07. The van der Waals surface area contributed by atoms with Crippen LogP contribution in [0.4, 0.5) is 0 Å². The van der Waals surface area contributed by atoms with Crippen LogP contribution in [0.5, 0.6) is 5.75 Å². The molecule has 1 aromatic carbocycles. The molecule has 1 aliphatic carbocycles. The van der Waals surface area contributed by atoms with E-state index in [4.69, 9.17) is 9.84 Å². The predicted molar refractivity (Wildman–Crippen MR) is 95.9 cm³/mol. The van der Waals surface area contributed by atoms with E-state index in [0.717, 1.165) is 5.56 Å². The standard InChI is InChI=1S/C20H22N2O4/c23-19(22-17-5-1-16(2-6-17)20(24)25)15-3-7-18(8-4-15)26-13-14-9-11-21-12-10-14/h3-4,7-12,16-17H,1-2,5-6,13H2,(H,22,23)(H,24,25). The van der Waals surface area contributed by atoms with Crippen LogP contribution in [-0.4, -0.2) is 28.0 Å². The van der Waals surface area contributed by atoms with Gasteiger partial charge in [-0.3, -0.25) is 14.6 Å². The molecule has 0 atom stereocenters. The molecule has 0 spiro atoms. The van der Waals surface area contributed by atoms with Gasteiger partial charge in [0.25, 0.3) is 5.91 Å². The number of carboxylic acids is 1. The molecule has 136 valence electrons. The first-order valence-corrected chi connectivity index (χ1v) is 8.77. The highest BCUT2D eigenvalue weighted by Gasteiger charge is 2.26. The van der Waals surface area contributed by atoms with Crippen molar-refractivity contribution in [1.82, 2.24) is 10.3 Å². The normalized spacial score (nSPS) is 19.5. The van der Waals surface area contributed by atoms with E-state index in [1.165, 1.54) is 0 Å². The van der Waals surface area contributed by atoms with Crippen LogP contribution in [-0.2, 0) is 11.4 Å². The minimum absolute atomic E-state index is 0.0423. The molecule has 26 heavy (non-hydrogen) atoms. The van der Waals surface area contributed by atoms with Crippen molar-refractivity contribution in [2.75, 3.05) is 0 Å². The highest BCUT2D eigenvalue weighted by molar-refractivity contribution is 5.94. The molecule has 6 nitrogen and oxygen atoms in total. The van der Waals surface area contributed by atoms with E-state index in [9.17, 15) is 9.59 Å². The summed E-state index contributed by atoms with van der Waals surface area (Å²) >= 11 is 0. The average molecular weight is 354 g/mol. The lowest BCUT2D eigenvalue weighted by molar-refractivity contribution is -0.142. The molecule has 1 aliphatic rings. The van der Waals surface area contributed by atoms with E-state index >= 15 is 0 Å². The Morgan fingerprint density at radius 2 is 1.69 bits per heavy atom. The van der Waals surface area contributed by atoms with Crippen molar-refractivity contribution in [3.8, 4) is 5.75 Å². The second-order valence-electron chi connectivity index (χ2n) is 6.53. The lowest BCUT2D eigenvalue weighted by atomic mass is 9.86. The highest BCUT2D eigenvalue weighted by Crippen LogP contribution is 2.24. The van der Waals surface area contributed by atoms with E-state index in [1.807, 2.05) is 12.1 Å². The summed E-state index contributed by atoms with van der Waals surface area (Å²) in [5.74, 6) is -0.457. The fourth-order valence-corrected chi connectivity index (χ4v) is 3.10. The van der Waals surface area contributed by atoms with Gasteiger partial charge in [-0.1, -0.05) is 0 Å². The van der Waals surface area contributed by atoms with Gasteiger partial charge in [0.15, 0.2) is 0 Å². The van der Waals surface area contributed by atoms with Gasteiger partial charge in [0.2, 0.25) is 0 Å². The quantitative estimate of drug-likeness (QED) is 0.832. The van der Waals surface area contributed by atoms with Gasteiger partial charge in [-0.25, -0.2) is 0 Å². The van der Waals surface area contributed by atoms with Gasteiger partial charge in [0.1, 0.15) is 12.4 Å². The number of nitrogens with one attached hydrogen (secondary N) is 1. The van der Waals surface area contributed by atoms with Crippen molar-refractivity contribution in [2.24, 2.45) is 5.92 Å². The van der Waals surface area contributed by atoms with Gasteiger partial charge < -0.3 is 15.2 Å². The molecule has 0 radical (unpaired) electrons. The molecule has 3 rings (SSSR count). The van der Waals surface area contributed by atoms with Crippen molar-refractivity contribution in [3.63, 3.8) is 0 Å². The van der Waals surface area contributed by atoms with E-state index in [0.29, 0.717) is 43.6 Å². The molecule has 1 fully saturated rings. The molecule has 2 aromatic rings. The molecule has 0 aliphatic heterocycles. The second-order valence-corrected chi connectivity index (χ2v) is 6.53. The van der Waals surface area contributed by atoms with Crippen LogP contribution < -0.4 is 10.1 Å². The summed E-state index contributed by atoms with van der Waals surface area (Å²) in [7, 11) is 0. The van der Waals surface area contributed by atoms with E-state index in [-0.39, 0.29) is 17.9 Å². The van der Waals surface area contributed by atoms with Gasteiger partial charge in [-0.15, -0.1) is 0 Å². The zero-order chi connectivity index (χ0) is 18.4. The van der Waals surface area contributed by atoms with Gasteiger partial charge in [-0.2, -0.15) is 0 Å². The summed E-state index contributed by atoms with van der Waals surface area (Å²) in [6, 6.07) is 10.8. The number of amides is 1. The molecule has 1 aromatic heterocycles. The smallest absolute Gasteiger partial charge is 0.306 e. The minimum atomic E-state index is -0.739. The molecular formula is C20H22N2O4. The molecule has 2 N–H and O–H groups in total. The SMILES string of the molecule is O=C(NC1CCC(C(=O)O)CC1)c1ccc(OCc2ccncc2)cc1. The first-order valence-electron chi connectivity index (χ1n) is 8.77. The Labute approximate surface area is 152 Å². The number of hydrogen-bond acceptors (Lipinski definition) is 4. The van der Waals surface area contributed by atoms with Crippen LogP contribution in [0.3, 0.4) is 0 Å². The number of aliphatic carboxylic acids is 1. The monoisotopic (exact) mass is 354 g/mol. The van der Waals surface area contributed by atoms with Crippen LogP contribution in [0.15, 0.2) is 48.8 Å². The van der Waals surface area contributed by atoms with Crippen LogP contribution in [0.25, 0.3) is 0 Å². The number of carboxylic acid groups (broad SMARTS) is 1. The van der Waals surface area contributed by atoms with Crippen molar-refractivity contribution in [1.29, 1.82) is 0 Å². The number of rotatable bonds is 6. The second kappa shape index (κ2) is 8.47. The van der Waals surface area contributed by atoms with E-state index < -0.39 is 5.97 Å². The van der Waals surface area contributed by atoms with Crippen molar-refractivity contribution < 1.29 is 19.4 Å². The van der Waals surface area contributed by atoms with Crippen LogP contribution >= 0.6 is 0 Å². The Bertz CT molecular complexity index is 738. The van der Waals surface area contributed by atoms with Crippen LogP contribution in [0.2, 0.25) is 0 Å². The molecule has 1 saturated carbocycles. The summed E-state index contributed by atoms with van der Waals surface area (Å²) < 4.78 is 5.70. The fraction of sp³-hybridized carbons (Fsp3) is 0.350. The van der Waals surface area contributed by atoms with Gasteiger partial charge in [0.05, 0.1) is 5.92 Å². The summed E-state index contributed by atoms with van der Waals surface area (Å²) in [5, 5.41) is 12.0. The number of aromatic nitrogens is 1. The number of ether oxygens (including phenoxy) is 1. The maximum absolute atomic E-state index is 12.3. The van der Waals surface area contributed by atoms with Crippen molar-refractivity contribution >= 4 is 11.9 Å². The summed E-state index contributed by atoms with van der Waals surface area (Å²) in [4.78, 5) is 27.3. The molecule has 0 bridgehead atoms. The fourth-order valence-electron chi connectivity index (χ4n) is 3.10. The molecular weight excluding hydrogens is 332 g/mol. The highest BCUT2D eigenvalue weighted by atomic mass is 16.5. The third-order valence-electron chi connectivity index (χ3n) is 4.68. The zero-order valence-corrected chi connectivity index (χ0v) is 14.4. The minimum Gasteiger partial charge on any atom is -0.489 e. The first kappa shape index (κ1) is 17.9. The summed E-state index contributed by atoms with van der Waals surface area (Å²) in [6.45, 7) is 0.445. The number of carbonyl (C=O) groups excluding carboxylic acids is 1. The Morgan fingerprint density at radius 1 is 1.04 bits per heavy atom. The number of benzene rings is 1. The lowest BCUT2D eigenvalue weighted by Gasteiger charge is -2.26. The topological polar surface area (TPSA) is 88.5 Å². The molecule has 0 saturated heterocycles. The Morgan fingerprint density at radius 3 is 2.31 bits per heavy atom. The Hall–Kier alpha value is -2.89. The summed E-state index contributed by atoms with van der Waals surface area (Å²) in [5.41, 5.74) is 1.60. The lowest BCUT2D eigenvalue weighted by Crippen LogP contribution is -2.38.